The number of hydrogen-bond acceptors (Lipinski definition) is 3. The number of rotatable bonds is 7. The molecule has 1 atom stereocenters. The monoisotopic (exact) mass is 176 g/mol. The van der Waals surface area contributed by atoms with Crippen LogP contribution in [0.5, 0.6) is 0 Å². The van der Waals surface area contributed by atoms with E-state index in [2.05, 4.69) is 6.92 Å². The van der Waals surface area contributed by atoms with Crippen LogP contribution in [-0.4, -0.2) is 35.6 Å². The molecular weight excluding hydrogens is 156 g/mol. The minimum atomic E-state index is -0.401. The van der Waals surface area contributed by atoms with E-state index in [1.54, 1.807) is 0 Å². The van der Waals surface area contributed by atoms with Crippen molar-refractivity contribution in [1.29, 1.82) is 0 Å². The Balaban J connectivity index is 3.65. The molecule has 0 amide bonds. The summed E-state index contributed by atoms with van der Waals surface area (Å²) in [6.07, 6.45) is 2.78. The fourth-order valence-corrected chi connectivity index (χ4v) is 1.11. The molecule has 0 heterocycles. The Morgan fingerprint density at radius 2 is 1.67 bits per heavy atom. The fraction of sp³-hybridized carbons (Fsp3) is 1.00. The Labute approximate surface area is 74.4 Å². The third-order valence-corrected chi connectivity index (χ3v) is 1.86. The molecular formula is C9H20O3. The quantitative estimate of drug-likeness (QED) is 0.607. The maximum Gasteiger partial charge on any atom is 0.104 e. The van der Waals surface area contributed by atoms with E-state index in [-0.39, 0.29) is 19.3 Å². The minimum absolute atomic E-state index is 0.100. The molecule has 0 radical (unpaired) electrons. The summed E-state index contributed by atoms with van der Waals surface area (Å²) in [5.74, 6) is 0. The highest BCUT2D eigenvalue weighted by atomic mass is 16.5. The van der Waals surface area contributed by atoms with Gasteiger partial charge in [0.05, 0.1) is 19.3 Å². The number of aliphatic hydroxyl groups is 2. The summed E-state index contributed by atoms with van der Waals surface area (Å²) in [4.78, 5) is 0. The van der Waals surface area contributed by atoms with Crippen LogP contribution < -0.4 is 0 Å². The van der Waals surface area contributed by atoms with Crippen LogP contribution in [0.1, 0.15) is 33.1 Å². The lowest BCUT2D eigenvalue weighted by atomic mass is 10.1. The van der Waals surface area contributed by atoms with Gasteiger partial charge in [-0.25, -0.2) is 0 Å². The number of ether oxygens (including phenoxy) is 1. The summed E-state index contributed by atoms with van der Waals surface area (Å²) in [5.41, 5.74) is 0. The van der Waals surface area contributed by atoms with Gasteiger partial charge in [-0.2, -0.15) is 0 Å². The molecule has 0 bridgehead atoms. The summed E-state index contributed by atoms with van der Waals surface area (Å²) in [5, 5.41) is 17.5. The van der Waals surface area contributed by atoms with Gasteiger partial charge in [0.2, 0.25) is 0 Å². The van der Waals surface area contributed by atoms with Gasteiger partial charge in [0.25, 0.3) is 0 Å². The number of hydrogen-bond donors (Lipinski definition) is 2. The molecule has 0 saturated carbocycles. The first-order valence-electron chi connectivity index (χ1n) is 4.65. The Morgan fingerprint density at radius 3 is 2.00 bits per heavy atom. The minimum Gasteiger partial charge on any atom is -0.394 e. The van der Waals surface area contributed by atoms with Crippen molar-refractivity contribution in [2.24, 2.45) is 0 Å². The van der Waals surface area contributed by atoms with E-state index < -0.39 is 6.10 Å². The van der Waals surface area contributed by atoms with Crippen LogP contribution in [0.15, 0.2) is 0 Å². The van der Waals surface area contributed by atoms with Crippen LogP contribution in [0.4, 0.5) is 0 Å². The third-order valence-electron chi connectivity index (χ3n) is 1.86. The fourth-order valence-electron chi connectivity index (χ4n) is 1.11. The van der Waals surface area contributed by atoms with Crippen molar-refractivity contribution in [2.75, 3.05) is 13.2 Å². The molecule has 0 aromatic heterocycles. The van der Waals surface area contributed by atoms with Crippen molar-refractivity contribution in [3.63, 3.8) is 0 Å². The first-order chi connectivity index (χ1) is 5.78. The highest BCUT2D eigenvalue weighted by Crippen LogP contribution is 2.08. The van der Waals surface area contributed by atoms with Gasteiger partial charge < -0.3 is 14.9 Å². The molecule has 0 aromatic carbocycles. The van der Waals surface area contributed by atoms with Crippen molar-refractivity contribution < 1.29 is 14.9 Å². The van der Waals surface area contributed by atoms with Gasteiger partial charge in [-0.1, -0.05) is 20.3 Å². The van der Waals surface area contributed by atoms with E-state index in [1.807, 2.05) is 6.92 Å². The van der Waals surface area contributed by atoms with E-state index in [1.165, 1.54) is 0 Å². The summed E-state index contributed by atoms with van der Waals surface area (Å²) in [6.45, 7) is 3.94. The summed E-state index contributed by atoms with van der Waals surface area (Å²) in [6, 6.07) is 0. The first kappa shape index (κ1) is 11.9. The SMILES string of the molecule is CCCC(CC)OC(CO)CO. The number of aliphatic hydroxyl groups excluding tert-OH is 2. The first-order valence-corrected chi connectivity index (χ1v) is 4.65. The van der Waals surface area contributed by atoms with Gasteiger partial charge >= 0.3 is 0 Å². The van der Waals surface area contributed by atoms with Crippen molar-refractivity contribution in [1.82, 2.24) is 0 Å². The molecule has 0 fully saturated rings. The van der Waals surface area contributed by atoms with Crippen molar-refractivity contribution in [2.45, 2.75) is 45.3 Å². The lowest BCUT2D eigenvalue weighted by molar-refractivity contribution is -0.0667. The highest BCUT2D eigenvalue weighted by Gasteiger charge is 2.12. The van der Waals surface area contributed by atoms with Crippen molar-refractivity contribution in [3.05, 3.63) is 0 Å². The highest BCUT2D eigenvalue weighted by molar-refractivity contribution is 4.60. The summed E-state index contributed by atoms with van der Waals surface area (Å²) in [7, 11) is 0. The second-order valence-corrected chi connectivity index (χ2v) is 2.94. The van der Waals surface area contributed by atoms with Crippen LogP contribution in [0, 0.1) is 0 Å². The molecule has 1 unspecified atom stereocenters. The molecule has 0 spiro atoms. The standard InChI is InChI=1S/C9H20O3/c1-3-5-8(4-2)12-9(6-10)7-11/h8-11H,3-7H2,1-2H3. The zero-order valence-electron chi connectivity index (χ0n) is 7.99. The van der Waals surface area contributed by atoms with E-state index in [0.29, 0.717) is 0 Å². The zero-order valence-corrected chi connectivity index (χ0v) is 7.99. The molecule has 0 aromatic rings. The van der Waals surface area contributed by atoms with Crippen LogP contribution in [-0.2, 0) is 4.74 Å². The van der Waals surface area contributed by atoms with Gasteiger partial charge in [0, 0.05) is 0 Å². The van der Waals surface area contributed by atoms with Gasteiger partial charge in [-0.15, -0.1) is 0 Å². The molecule has 74 valence electrons. The molecule has 0 aliphatic carbocycles. The largest absolute Gasteiger partial charge is 0.394 e. The molecule has 3 nitrogen and oxygen atoms in total. The predicted octanol–water partition coefficient (Wildman–Crippen LogP) is 0.935. The Hall–Kier alpha value is -0.120. The maximum absolute atomic E-state index is 8.75. The van der Waals surface area contributed by atoms with E-state index in [9.17, 15) is 0 Å². The molecule has 0 aliphatic rings. The van der Waals surface area contributed by atoms with E-state index in [0.717, 1.165) is 19.3 Å². The van der Waals surface area contributed by atoms with Gasteiger partial charge in [-0.3, -0.25) is 0 Å². The Morgan fingerprint density at radius 1 is 1.08 bits per heavy atom. The van der Waals surface area contributed by atoms with Crippen LogP contribution in [0.25, 0.3) is 0 Å². The molecule has 2 N–H and O–H groups in total. The second kappa shape index (κ2) is 7.53. The smallest absolute Gasteiger partial charge is 0.104 e. The topological polar surface area (TPSA) is 49.7 Å². The molecule has 0 saturated heterocycles. The molecule has 0 rings (SSSR count). The Bertz CT molecular complexity index is 91.8. The normalized spacial score (nSPS) is 13.8. The second-order valence-electron chi connectivity index (χ2n) is 2.94. The Kier molecular flexibility index (Phi) is 7.45. The lowest BCUT2D eigenvalue weighted by Gasteiger charge is -2.20. The van der Waals surface area contributed by atoms with Crippen molar-refractivity contribution in [3.8, 4) is 0 Å². The summed E-state index contributed by atoms with van der Waals surface area (Å²) >= 11 is 0. The van der Waals surface area contributed by atoms with Gasteiger partial charge in [0.1, 0.15) is 6.10 Å². The van der Waals surface area contributed by atoms with Crippen molar-refractivity contribution >= 4 is 0 Å². The predicted molar refractivity (Wildman–Crippen MR) is 48.0 cm³/mol. The molecule has 3 heteroatoms. The van der Waals surface area contributed by atoms with Crippen LogP contribution in [0.2, 0.25) is 0 Å². The van der Waals surface area contributed by atoms with Gasteiger partial charge in [-0.05, 0) is 12.8 Å². The van der Waals surface area contributed by atoms with Crippen LogP contribution >= 0.6 is 0 Å². The van der Waals surface area contributed by atoms with Crippen LogP contribution in [0.3, 0.4) is 0 Å². The third kappa shape index (κ3) is 4.70. The summed E-state index contributed by atoms with van der Waals surface area (Å²) < 4.78 is 5.44. The lowest BCUT2D eigenvalue weighted by Crippen LogP contribution is -2.27. The van der Waals surface area contributed by atoms with E-state index >= 15 is 0 Å². The maximum atomic E-state index is 8.75. The van der Waals surface area contributed by atoms with E-state index in [4.69, 9.17) is 14.9 Å². The average molecular weight is 176 g/mol. The average Bonchev–Trinajstić information content (AvgIpc) is 2.12. The molecule has 12 heavy (non-hydrogen) atoms. The molecule has 0 aliphatic heterocycles. The zero-order chi connectivity index (χ0) is 9.40. The van der Waals surface area contributed by atoms with Gasteiger partial charge in [0.15, 0.2) is 0 Å².